The molecule has 0 unspecified atom stereocenters. The van der Waals surface area contributed by atoms with Crippen molar-refractivity contribution >= 4 is 11.8 Å². The number of aromatic nitrogens is 2. The maximum absolute atomic E-state index is 12.9. The van der Waals surface area contributed by atoms with Crippen molar-refractivity contribution in [3.63, 3.8) is 0 Å². The smallest absolute Gasteiger partial charge is 0.435 e. The van der Waals surface area contributed by atoms with Crippen LogP contribution in [0.1, 0.15) is 21.7 Å². The van der Waals surface area contributed by atoms with Gasteiger partial charge in [-0.1, -0.05) is 12.1 Å². The Labute approximate surface area is 157 Å². The molecule has 1 aromatic heterocycles. The molecule has 3 N–H and O–H groups in total. The zero-order chi connectivity index (χ0) is 21.4. The lowest BCUT2D eigenvalue weighted by Crippen LogP contribution is -2.51. The number of hydrazine groups is 1. The molecule has 0 aliphatic carbocycles. The first kappa shape index (κ1) is 20.3. The number of hydrogen-bond donors (Lipinski definition) is 3. The van der Waals surface area contributed by atoms with Gasteiger partial charge in [-0.15, -0.1) is 0 Å². The SMILES string of the molecule is O=C(NNC(=O)[C@H]1COc2ccccc2O1)c1c(C(F)(F)F)n[nH]c1C(F)(F)F. The number of carbonyl (C=O) groups excluding carboxylic acids is 2. The molecule has 1 aromatic carbocycles. The maximum atomic E-state index is 12.9. The molecule has 2 heterocycles. The number of aromatic amines is 1. The van der Waals surface area contributed by atoms with E-state index in [4.69, 9.17) is 9.47 Å². The van der Waals surface area contributed by atoms with Crippen molar-refractivity contribution in [2.45, 2.75) is 18.5 Å². The second kappa shape index (κ2) is 7.18. The van der Waals surface area contributed by atoms with Gasteiger partial charge in [0, 0.05) is 0 Å². The van der Waals surface area contributed by atoms with Gasteiger partial charge in [0.15, 0.2) is 22.9 Å². The third kappa shape index (κ3) is 4.20. The number of benzene rings is 1. The zero-order valence-electron chi connectivity index (χ0n) is 13.9. The predicted molar refractivity (Wildman–Crippen MR) is 80.6 cm³/mol. The molecule has 3 rings (SSSR count). The zero-order valence-corrected chi connectivity index (χ0v) is 13.9. The minimum atomic E-state index is -5.35. The Kier molecular flexibility index (Phi) is 5.02. The molecule has 1 atom stereocenters. The topological polar surface area (TPSA) is 105 Å². The Morgan fingerprint density at radius 3 is 2.31 bits per heavy atom. The van der Waals surface area contributed by atoms with Crippen molar-refractivity contribution in [2.75, 3.05) is 6.61 Å². The molecule has 8 nitrogen and oxygen atoms in total. The number of para-hydroxylation sites is 2. The normalized spacial score (nSPS) is 16.3. The summed E-state index contributed by atoms with van der Waals surface area (Å²) < 4.78 is 87.9. The number of nitrogens with zero attached hydrogens (tertiary/aromatic N) is 1. The van der Waals surface area contributed by atoms with E-state index in [1.54, 1.807) is 23.6 Å². The van der Waals surface area contributed by atoms with E-state index in [1.807, 2.05) is 0 Å². The summed E-state index contributed by atoms with van der Waals surface area (Å²) in [6, 6.07) is 6.26. The highest BCUT2D eigenvalue weighted by molar-refractivity contribution is 5.98. The molecule has 1 aliphatic rings. The van der Waals surface area contributed by atoms with Gasteiger partial charge in [-0.3, -0.25) is 25.5 Å². The van der Waals surface area contributed by atoms with Crippen LogP contribution >= 0.6 is 0 Å². The molecule has 14 heteroatoms. The second-order valence-corrected chi connectivity index (χ2v) is 5.63. The first-order valence-corrected chi connectivity index (χ1v) is 7.70. The van der Waals surface area contributed by atoms with Gasteiger partial charge in [0.2, 0.25) is 6.10 Å². The number of nitrogens with one attached hydrogen (secondary N) is 3. The molecule has 29 heavy (non-hydrogen) atoms. The molecule has 1 aliphatic heterocycles. The summed E-state index contributed by atoms with van der Waals surface area (Å²) in [5, 5.41) is 3.68. The van der Waals surface area contributed by atoms with E-state index in [2.05, 4.69) is 5.10 Å². The average Bonchev–Trinajstić information content (AvgIpc) is 3.11. The molecule has 156 valence electrons. The van der Waals surface area contributed by atoms with Crippen LogP contribution in [-0.2, 0) is 17.1 Å². The molecule has 0 saturated carbocycles. The van der Waals surface area contributed by atoms with Gasteiger partial charge in [-0.25, -0.2) is 0 Å². The van der Waals surface area contributed by atoms with Crippen molar-refractivity contribution < 1.29 is 45.4 Å². The fraction of sp³-hybridized carbons (Fsp3) is 0.267. The van der Waals surface area contributed by atoms with Crippen LogP contribution in [-0.4, -0.2) is 34.7 Å². The van der Waals surface area contributed by atoms with Crippen LogP contribution in [0.2, 0.25) is 0 Å². The number of alkyl halides is 6. The third-order valence-electron chi connectivity index (χ3n) is 3.65. The quantitative estimate of drug-likeness (QED) is 0.506. The molecule has 0 fully saturated rings. The summed E-state index contributed by atoms with van der Waals surface area (Å²) >= 11 is 0. The van der Waals surface area contributed by atoms with E-state index in [0.717, 1.165) is 5.10 Å². The standard InChI is InChI=1S/C15H10F6N4O4/c16-14(17,18)10-9(11(23-22-10)15(19,20)21)13(27)25-24-12(26)8-5-28-6-3-1-2-4-7(6)29-8/h1-4,8H,5H2,(H,22,23)(H,24,26)(H,25,27)/t8-/m1/s1. The molecule has 0 spiro atoms. The number of ether oxygens (including phenoxy) is 2. The molecular formula is C15H10F6N4O4. The van der Waals surface area contributed by atoms with E-state index in [1.165, 1.54) is 11.5 Å². The Hall–Kier alpha value is -3.45. The van der Waals surface area contributed by atoms with Crippen LogP contribution in [0.3, 0.4) is 0 Å². The number of amides is 2. The summed E-state index contributed by atoms with van der Waals surface area (Å²) in [7, 11) is 0. The van der Waals surface area contributed by atoms with E-state index in [9.17, 15) is 35.9 Å². The van der Waals surface area contributed by atoms with Crippen LogP contribution in [0, 0.1) is 0 Å². The number of hydrogen-bond acceptors (Lipinski definition) is 5. The Balaban J connectivity index is 1.73. The Bertz CT molecular complexity index is 908. The van der Waals surface area contributed by atoms with Gasteiger partial charge in [0.25, 0.3) is 11.8 Å². The molecular weight excluding hydrogens is 414 g/mol. The lowest BCUT2D eigenvalue weighted by Gasteiger charge is -2.25. The summed E-state index contributed by atoms with van der Waals surface area (Å²) in [5.41, 5.74) is -2.70. The van der Waals surface area contributed by atoms with Gasteiger partial charge in [-0.2, -0.15) is 31.4 Å². The Morgan fingerprint density at radius 1 is 1.03 bits per heavy atom. The first-order chi connectivity index (χ1) is 13.5. The van der Waals surface area contributed by atoms with Gasteiger partial charge < -0.3 is 9.47 Å². The van der Waals surface area contributed by atoms with Crippen molar-refractivity contribution in [1.82, 2.24) is 21.0 Å². The second-order valence-electron chi connectivity index (χ2n) is 5.63. The highest BCUT2D eigenvalue weighted by Gasteiger charge is 2.47. The van der Waals surface area contributed by atoms with E-state index < -0.39 is 47.2 Å². The average molecular weight is 424 g/mol. The summed E-state index contributed by atoms with van der Waals surface area (Å²) in [5.74, 6) is -2.40. The third-order valence-corrected chi connectivity index (χ3v) is 3.65. The molecule has 0 bridgehead atoms. The largest absolute Gasteiger partial charge is 0.485 e. The minimum Gasteiger partial charge on any atom is -0.485 e. The van der Waals surface area contributed by atoms with Gasteiger partial charge in [0.05, 0.1) is 0 Å². The fourth-order valence-corrected chi connectivity index (χ4v) is 2.38. The van der Waals surface area contributed by atoms with Crippen LogP contribution in [0.5, 0.6) is 11.5 Å². The molecule has 2 aromatic rings. The van der Waals surface area contributed by atoms with Crippen LogP contribution in [0.4, 0.5) is 26.3 Å². The maximum Gasteiger partial charge on any atom is 0.435 e. The fourth-order valence-electron chi connectivity index (χ4n) is 2.38. The minimum absolute atomic E-state index is 0.193. The predicted octanol–water partition coefficient (Wildman–Crippen LogP) is 2.05. The number of rotatable bonds is 2. The number of fused-ring (bicyclic) bond motifs is 1. The summed E-state index contributed by atoms with van der Waals surface area (Å²) in [4.78, 5) is 24.0. The monoisotopic (exact) mass is 424 g/mol. The van der Waals surface area contributed by atoms with Crippen LogP contribution in [0.25, 0.3) is 0 Å². The van der Waals surface area contributed by atoms with Gasteiger partial charge in [-0.05, 0) is 12.1 Å². The molecule has 0 radical (unpaired) electrons. The van der Waals surface area contributed by atoms with Gasteiger partial charge in [0.1, 0.15) is 12.2 Å². The molecule has 2 amide bonds. The van der Waals surface area contributed by atoms with Crippen molar-refractivity contribution in [3.8, 4) is 11.5 Å². The highest BCUT2D eigenvalue weighted by atomic mass is 19.4. The van der Waals surface area contributed by atoms with Crippen LogP contribution < -0.4 is 20.3 Å². The number of halogens is 6. The molecule has 0 saturated heterocycles. The van der Waals surface area contributed by atoms with Crippen molar-refractivity contribution in [3.05, 3.63) is 41.2 Å². The highest BCUT2D eigenvalue weighted by Crippen LogP contribution is 2.37. The van der Waals surface area contributed by atoms with Gasteiger partial charge >= 0.3 is 12.4 Å². The van der Waals surface area contributed by atoms with Crippen molar-refractivity contribution in [2.24, 2.45) is 0 Å². The summed E-state index contributed by atoms with van der Waals surface area (Å²) in [6.45, 7) is -0.300. The lowest BCUT2D eigenvalue weighted by molar-refractivity contribution is -0.143. The Morgan fingerprint density at radius 2 is 1.69 bits per heavy atom. The van der Waals surface area contributed by atoms with Crippen LogP contribution in [0.15, 0.2) is 24.3 Å². The summed E-state index contributed by atoms with van der Waals surface area (Å²) in [6.07, 6.45) is -12.0. The number of carbonyl (C=O) groups is 2. The van der Waals surface area contributed by atoms with E-state index >= 15 is 0 Å². The van der Waals surface area contributed by atoms with E-state index in [-0.39, 0.29) is 12.4 Å². The number of H-pyrrole nitrogens is 1. The van der Waals surface area contributed by atoms with Crippen molar-refractivity contribution in [1.29, 1.82) is 0 Å². The van der Waals surface area contributed by atoms with E-state index in [0.29, 0.717) is 5.75 Å². The lowest BCUT2D eigenvalue weighted by atomic mass is 10.1. The first-order valence-electron chi connectivity index (χ1n) is 7.70.